The van der Waals surface area contributed by atoms with E-state index in [1.54, 1.807) is 11.3 Å². The van der Waals surface area contributed by atoms with Crippen molar-refractivity contribution in [3.63, 3.8) is 0 Å². The van der Waals surface area contributed by atoms with E-state index in [-0.39, 0.29) is 0 Å². The number of para-hydroxylation sites is 1. The zero-order chi connectivity index (χ0) is 30.6. The highest BCUT2D eigenvalue weighted by atomic mass is 32.1. The Morgan fingerprint density at radius 2 is 1.11 bits per heavy atom. The van der Waals surface area contributed by atoms with Gasteiger partial charge < -0.3 is 0 Å². The molecule has 0 amide bonds. The molecule has 0 aliphatic heterocycles. The lowest BCUT2D eigenvalue weighted by Gasteiger charge is -2.15. The fourth-order valence-corrected chi connectivity index (χ4v) is 9.92. The molecular weight excluding hydrogens is 611 g/mol. The molecule has 11 rings (SSSR count). The SMILES string of the molecule is c1ccc2c(-c3nc4sc5ccccc5c4nc3-n3c4ccccc4c4c5sc6ccccc6c5c5ccccc5c43)cccc2c1. The molecule has 47 heavy (non-hydrogen) atoms. The maximum Gasteiger partial charge on any atom is 0.165 e. The van der Waals surface area contributed by atoms with Crippen LogP contribution >= 0.6 is 22.7 Å². The first kappa shape index (κ1) is 25.6. The minimum atomic E-state index is 0.856. The third-order valence-electron chi connectivity index (χ3n) is 9.60. The fourth-order valence-electron chi connectivity index (χ4n) is 7.62. The smallest absolute Gasteiger partial charge is 0.165 e. The fraction of sp³-hybridized carbons (Fsp3) is 0. The summed E-state index contributed by atoms with van der Waals surface area (Å²) in [5, 5.41) is 11.1. The average molecular weight is 634 g/mol. The first-order chi connectivity index (χ1) is 23.3. The lowest BCUT2D eigenvalue weighted by atomic mass is 9.99. The molecule has 0 N–H and O–H groups in total. The van der Waals surface area contributed by atoms with Crippen LogP contribution < -0.4 is 0 Å². The van der Waals surface area contributed by atoms with Gasteiger partial charge in [-0.3, -0.25) is 4.57 Å². The molecule has 0 unspecified atom stereocenters. The third kappa shape index (κ3) is 3.45. The van der Waals surface area contributed by atoms with E-state index in [0.717, 1.165) is 38.3 Å². The molecule has 218 valence electrons. The second-order valence-corrected chi connectivity index (χ2v) is 14.2. The van der Waals surface area contributed by atoms with Crippen molar-refractivity contribution in [1.82, 2.24) is 14.5 Å². The molecule has 0 aliphatic rings. The first-order valence-corrected chi connectivity index (χ1v) is 17.4. The average Bonchev–Trinajstić information content (AvgIpc) is 3.80. The monoisotopic (exact) mass is 633 g/mol. The van der Waals surface area contributed by atoms with Gasteiger partial charge in [0.15, 0.2) is 5.82 Å². The van der Waals surface area contributed by atoms with Crippen molar-refractivity contribution in [2.75, 3.05) is 0 Å². The summed E-state index contributed by atoms with van der Waals surface area (Å²) in [6, 6.07) is 50.2. The number of nitrogens with zero attached hydrogens (tertiary/aromatic N) is 3. The second-order valence-electron chi connectivity index (χ2n) is 12.1. The van der Waals surface area contributed by atoms with Gasteiger partial charge >= 0.3 is 0 Å². The molecule has 0 fully saturated rings. The minimum Gasteiger partial charge on any atom is -0.291 e. The van der Waals surface area contributed by atoms with E-state index in [0.29, 0.717) is 0 Å². The summed E-state index contributed by atoms with van der Waals surface area (Å²) in [5.41, 5.74) is 5.23. The molecule has 3 nitrogen and oxygen atoms in total. The Balaban J connectivity index is 1.41. The Labute approximate surface area is 276 Å². The molecule has 0 spiro atoms. The Hall–Kier alpha value is -5.62. The van der Waals surface area contributed by atoms with Gasteiger partial charge in [-0.1, -0.05) is 121 Å². The molecule has 0 saturated carbocycles. The Morgan fingerprint density at radius 1 is 0.468 bits per heavy atom. The van der Waals surface area contributed by atoms with Crippen LogP contribution in [-0.2, 0) is 0 Å². The topological polar surface area (TPSA) is 30.7 Å². The third-order valence-corrected chi connectivity index (χ3v) is 11.8. The summed E-state index contributed by atoms with van der Waals surface area (Å²) in [6.07, 6.45) is 0. The Morgan fingerprint density at radius 3 is 1.96 bits per heavy atom. The van der Waals surface area contributed by atoms with Gasteiger partial charge in [-0.15, -0.1) is 22.7 Å². The van der Waals surface area contributed by atoms with E-state index in [4.69, 9.17) is 9.97 Å². The van der Waals surface area contributed by atoms with Crippen LogP contribution in [0.25, 0.3) is 101 Å². The van der Waals surface area contributed by atoms with E-state index in [9.17, 15) is 0 Å². The molecule has 4 aromatic heterocycles. The van der Waals surface area contributed by atoms with E-state index in [2.05, 4.69) is 144 Å². The van der Waals surface area contributed by atoms with Gasteiger partial charge in [-0.2, -0.15) is 0 Å². The Kier molecular flexibility index (Phi) is 5.14. The van der Waals surface area contributed by atoms with Crippen LogP contribution in [-0.4, -0.2) is 14.5 Å². The second kappa shape index (κ2) is 9.46. The van der Waals surface area contributed by atoms with Crippen LogP contribution in [0.1, 0.15) is 0 Å². The molecule has 5 heteroatoms. The van der Waals surface area contributed by atoms with E-state index < -0.39 is 0 Å². The highest BCUT2D eigenvalue weighted by molar-refractivity contribution is 7.27. The van der Waals surface area contributed by atoms with Crippen molar-refractivity contribution in [1.29, 1.82) is 0 Å². The quantitative estimate of drug-likeness (QED) is 0.190. The maximum absolute atomic E-state index is 5.63. The molecule has 0 aliphatic carbocycles. The molecule has 0 radical (unpaired) electrons. The normalized spacial score (nSPS) is 12.3. The van der Waals surface area contributed by atoms with Gasteiger partial charge in [0.1, 0.15) is 16.0 Å². The lowest BCUT2D eigenvalue weighted by Crippen LogP contribution is -2.03. The summed E-state index contributed by atoms with van der Waals surface area (Å²) < 4.78 is 6.23. The predicted molar refractivity (Wildman–Crippen MR) is 203 cm³/mol. The molecule has 0 bridgehead atoms. The van der Waals surface area contributed by atoms with Crippen molar-refractivity contribution < 1.29 is 0 Å². The Bertz CT molecular complexity index is 3080. The van der Waals surface area contributed by atoms with Gasteiger partial charge in [-0.25, -0.2) is 9.97 Å². The van der Waals surface area contributed by atoms with Crippen LogP contribution in [0.3, 0.4) is 0 Å². The molecular formula is C42H23N3S2. The number of benzene rings is 7. The molecule has 7 aromatic carbocycles. The summed E-state index contributed by atoms with van der Waals surface area (Å²) in [7, 11) is 0. The largest absolute Gasteiger partial charge is 0.291 e. The van der Waals surface area contributed by atoms with Gasteiger partial charge in [0, 0.05) is 52.0 Å². The van der Waals surface area contributed by atoms with Crippen LogP contribution in [0.4, 0.5) is 0 Å². The molecule has 11 aromatic rings. The number of rotatable bonds is 2. The van der Waals surface area contributed by atoms with Crippen molar-refractivity contribution in [2.24, 2.45) is 0 Å². The van der Waals surface area contributed by atoms with Crippen LogP contribution in [0.2, 0.25) is 0 Å². The van der Waals surface area contributed by atoms with Crippen LogP contribution in [0.5, 0.6) is 0 Å². The van der Waals surface area contributed by atoms with E-state index >= 15 is 0 Å². The van der Waals surface area contributed by atoms with Crippen molar-refractivity contribution in [3.8, 4) is 17.1 Å². The highest BCUT2D eigenvalue weighted by Crippen LogP contribution is 2.49. The van der Waals surface area contributed by atoms with Gasteiger partial charge in [0.05, 0.1) is 11.0 Å². The maximum atomic E-state index is 5.63. The number of thiophene rings is 2. The standard InChI is InChI=1S/C42H23N3S2/c1-2-14-25-24(12-1)13-11-20-27(25)37-41(43-38-31-19-7-10-23-34(31)47-42(38)44-37)45-32-21-8-5-17-29(32)36-39(45)28-16-4-3-15-26(28)35-30-18-6-9-22-33(30)46-40(35)36/h1-23H. The summed E-state index contributed by atoms with van der Waals surface area (Å²) in [6.45, 7) is 0. The summed E-state index contributed by atoms with van der Waals surface area (Å²) in [4.78, 5) is 12.1. The number of hydrogen-bond donors (Lipinski definition) is 0. The van der Waals surface area contributed by atoms with Gasteiger partial charge in [-0.05, 0) is 34.4 Å². The van der Waals surface area contributed by atoms with Crippen molar-refractivity contribution in [2.45, 2.75) is 0 Å². The van der Waals surface area contributed by atoms with E-state index in [1.165, 1.54) is 62.7 Å². The van der Waals surface area contributed by atoms with Gasteiger partial charge in [0.2, 0.25) is 0 Å². The van der Waals surface area contributed by atoms with E-state index in [1.807, 2.05) is 11.3 Å². The molecule has 0 atom stereocenters. The number of fused-ring (bicyclic) bond motifs is 14. The summed E-state index contributed by atoms with van der Waals surface area (Å²) in [5.74, 6) is 0.856. The van der Waals surface area contributed by atoms with Crippen molar-refractivity contribution in [3.05, 3.63) is 140 Å². The minimum absolute atomic E-state index is 0.856. The lowest BCUT2D eigenvalue weighted by molar-refractivity contribution is 1.09. The van der Waals surface area contributed by atoms with Crippen LogP contribution in [0.15, 0.2) is 140 Å². The zero-order valence-electron chi connectivity index (χ0n) is 24.9. The first-order valence-electron chi connectivity index (χ1n) is 15.8. The molecule has 0 saturated heterocycles. The number of hydrogen-bond acceptors (Lipinski definition) is 4. The highest BCUT2D eigenvalue weighted by Gasteiger charge is 2.25. The van der Waals surface area contributed by atoms with Crippen molar-refractivity contribution >= 4 is 107 Å². The predicted octanol–water partition coefficient (Wildman–Crippen LogP) is 12.3. The van der Waals surface area contributed by atoms with Crippen LogP contribution in [0, 0.1) is 0 Å². The zero-order valence-corrected chi connectivity index (χ0v) is 26.6. The van der Waals surface area contributed by atoms with Gasteiger partial charge in [0.25, 0.3) is 0 Å². The molecule has 4 heterocycles. The summed E-state index contributed by atoms with van der Waals surface area (Å²) >= 11 is 3.60. The number of aromatic nitrogens is 3.